The van der Waals surface area contributed by atoms with Crippen molar-refractivity contribution in [1.29, 1.82) is 0 Å². The Labute approximate surface area is 189 Å². The number of aromatic nitrogens is 2. The van der Waals surface area contributed by atoms with Gasteiger partial charge in [0.2, 0.25) is 12.7 Å². The summed E-state index contributed by atoms with van der Waals surface area (Å²) in [6.45, 7) is 5.98. The monoisotopic (exact) mass is 467 g/mol. The first-order valence-electron chi connectivity index (χ1n) is 10.3. The summed E-state index contributed by atoms with van der Waals surface area (Å²) in [4.78, 5) is 9.84. The highest BCUT2D eigenvalue weighted by Crippen LogP contribution is 2.33. The van der Waals surface area contributed by atoms with Crippen molar-refractivity contribution in [3.63, 3.8) is 0 Å². The van der Waals surface area contributed by atoms with E-state index in [2.05, 4.69) is 34.4 Å². The number of benzene rings is 1. The van der Waals surface area contributed by atoms with Crippen molar-refractivity contribution >= 4 is 29.1 Å². The molecule has 7 nitrogen and oxygen atoms in total. The number of rotatable bonds is 4. The lowest BCUT2D eigenvalue weighted by atomic mass is 9.92. The van der Waals surface area contributed by atoms with Crippen LogP contribution in [0.3, 0.4) is 0 Å². The van der Waals surface area contributed by atoms with Crippen LogP contribution in [-0.4, -0.2) is 35.0 Å². The lowest BCUT2D eigenvalue weighted by Gasteiger charge is -2.36. The van der Waals surface area contributed by atoms with E-state index in [-0.39, 0.29) is 23.7 Å². The molecule has 2 aliphatic rings. The maximum atomic E-state index is 13.5. The number of piperidine rings is 1. The van der Waals surface area contributed by atoms with Gasteiger partial charge in [-0.05, 0) is 48.2 Å². The Balaban J connectivity index is 1.47. The summed E-state index contributed by atoms with van der Waals surface area (Å²) in [6, 6.07) is 6.45. The van der Waals surface area contributed by atoms with Crippen molar-refractivity contribution < 1.29 is 22.6 Å². The Morgan fingerprint density at radius 1 is 1.12 bits per heavy atom. The van der Waals surface area contributed by atoms with Gasteiger partial charge >= 0.3 is 6.18 Å². The van der Waals surface area contributed by atoms with Crippen LogP contribution in [0.5, 0.6) is 11.5 Å². The zero-order valence-electron chi connectivity index (χ0n) is 17.7. The van der Waals surface area contributed by atoms with Gasteiger partial charge in [-0.2, -0.15) is 18.2 Å². The van der Waals surface area contributed by atoms with E-state index in [0.29, 0.717) is 43.0 Å². The summed E-state index contributed by atoms with van der Waals surface area (Å²) in [5.41, 5.74) is -0.130. The average molecular weight is 468 g/mol. The molecule has 172 valence electrons. The van der Waals surface area contributed by atoms with E-state index in [9.17, 15) is 13.2 Å². The molecule has 0 amide bonds. The van der Waals surface area contributed by atoms with Gasteiger partial charge in [-0.1, -0.05) is 19.9 Å². The summed E-state index contributed by atoms with van der Waals surface area (Å²) in [5.74, 6) is 2.09. The molecule has 2 N–H and O–H groups in total. The highest BCUT2D eigenvalue weighted by Gasteiger charge is 2.35. The number of thiocarbonyl (C=S) groups is 1. The molecular weight excluding hydrogens is 443 g/mol. The molecule has 1 saturated heterocycles. The second-order valence-electron chi connectivity index (χ2n) is 8.28. The molecule has 2 aromatic rings. The third-order valence-electron chi connectivity index (χ3n) is 5.31. The van der Waals surface area contributed by atoms with Crippen molar-refractivity contribution in [2.45, 2.75) is 33.0 Å². The second kappa shape index (κ2) is 8.97. The Morgan fingerprint density at radius 2 is 1.84 bits per heavy atom. The minimum absolute atomic E-state index is 0.119. The molecule has 3 heterocycles. The van der Waals surface area contributed by atoms with Crippen molar-refractivity contribution in [2.75, 3.05) is 30.1 Å². The third kappa shape index (κ3) is 5.32. The fourth-order valence-corrected chi connectivity index (χ4v) is 4.19. The Bertz CT molecular complexity index is 994. The van der Waals surface area contributed by atoms with Crippen LogP contribution in [0.1, 0.15) is 31.5 Å². The zero-order valence-corrected chi connectivity index (χ0v) is 18.5. The first-order valence-corrected chi connectivity index (χ1v) is 10.7. The normalized spacial score (nSPS) is 20.2. The molecule has 0 radical (unpaired) electrons. The summed E-state index contributed by atoms with van der Waals surface area (Å²) in [6.07, 6.45) is -3.56. The van der Waals surface area contributed by atoms with Gasteiger partial charge in [0.1, 0.15) is 5.82 Å². The maximum absolute atomic E-state index is 13.5. The van der Waals surface area contributed by atoms with Crippen molar-refractivity contribution in [1.82, 2.24) is 15.3 Å². The van der Waals surface area contributed by atoms with Gasteiger partial charge in [0, 0.05) is 25.7 Å². The summed E-state index contributed by atoms with van der Waals surface area (Å²) < 4.78 is 51.1. The van der Waals surface area contributed by atoms with E-state index in [4.69, 9.17) is 21.7 Å². The van der Waals surface area contributed by atoms with Crippen LogP contribution >= 0.6 is 12.2 Å². The quantitative estimate of drug-likeness (QED) is 0.649. The number of ether oxygens (including phenoxy) is 2. The largest absolute Gasteiger partial charge is 0.454 e. The summed E-state index contributed by atoms with van der Waals surface area (Å²) in [7, 11) is 0. The van der Waals surface area contributed by atoms with Crippen LogP contribution in [0.4, 0.5) is 24.9 Å². The molecule has 2 atom stereocenters. The topological polar surface area (TPSA) is 71.5 Å². The minimum Gasteiger partial charge on any atom is -0.454 e. The molecular formula is C21H24F3N5O2S. The fourth-order valence-electron chi connectivity index (χ4n) is 4.03. The van der Waals surface area contributed by atoms with Gasteiger partial charge in [-0.15, -0.1) is 0 Å². The SMILES string of the molecule is C[C@@H]1C[C@@H](C)CN(c2cc(C(F)(F)F)nc(NC(=S)NCc3ccc4c(c3)OCO4)n2)C1. The highest BCUT2D eigenvalue weighted by molar-refractivity contribution is 7.80. The molecule has 4 rings (SSSR count). The van der Waals surface area contributed by atoms with Crippen molar-refractivity contribution in [3.05, 3.63) is 35.5 Å². The average Bonchev–Trinajstić information content (AvgIpc) is 3.18. The number of hydrogen-bond acceptors (Lipinski definition) is 6. The first kappa shape index (κ1) is 22.4. The molecule has 1 aromatic heterocycles. The molecule has 1 fully saturated rings. The molecule has 11 heteroatoms. The minimum atomic E-state index is -4.59. The highest BCUT2D eigenvalue weighted by atomic mass is 32.1. The molecule has 32 heavy (non-hydrogen) atoms. The molecule has 0 unspecified atom stereocenters. The van der Waals surface area contributed by atoms with Gasteiger partial charge in [-0.3, -0.25) is 0 Å². The lowest BCUT2D eigenvalue weighted by molar-refractivity contribution is -0.141. The molecule has 0 spiro atoms. The van der Waals surface area contributed by atoms with Crippen molar-refractivity contribution in [3.8, 4) is 11.5 Å². The standard InChI is InChI=1S/C21H24F3N5O2S/c1-12-5-13(2)10-29(9-12)18-7-17(21(22,23)24)26-19(27-18)28-20(32)25-8-14-3-4-15-16(6-14)31-11-30-15/h3-4,6-7,12-13H,5,8-11H2,1-2H3,(H2,25,26,27,28,32)/t12-,13-/m1/s1. The van der Waals surface area contributed by atoms with Gasteiger partial charge in [-0.25, -0.2) is 4.98 Å². The first-order chi connectivity index (χ1) is 15.2. The van der Waals surface area contributed by atoms with Gasteiger partial charge in [0.15, 0.2) is 22.3 Å². The lowest BCUT2D eigenvalue weighted by Crippen LogP contribution is -2.39. The van der Waals surface area contributed by atoms with Crippen molar-refractivity contribution in [2.24, 2.45) is 11.8 Å². The number of halogens is 3. The Morgan fingerprint density at radius 3 is 2.56 bits per heavy atom. The van der Waals surface area contributed by atoms with E-state index >= 15 is 0 Å². The van der Waals surface area contributed by atoms with Gasteiger partial charge in [0.25, 0.3) is 0 Å². The predicted octanol–water partition coefficient (Wildman–Crippen LogP) is 4.19. The molecule has 1 aromatic carbocycles. The Kier molecular flexibility index (Phi) is 6.27. The van der Waals surface area contributed by atoms with Crippen LogP contribution in [0.15, 0.2) is 24.3 Å². The van der Waals surface area contributed by atoms with E-state index < -0.39 is 11.9 Å². The summed E-state index contributed by atoms with van der Waals surface area (Å²) in [5, 5.41) is 5.77. The smallest absolute Gasteiger partial charge is 0.433 e. The van der Waals surface area contributed by atoms with E-state index in [1.54, 1.807) is 6.07 Å². The zero-order chi connectivity index (χ0) is 22.9. The van der Waals surface area contributed by atoms with E-state index in [0.717, 1.165) is 18.1 Å². The molecule has 0 bridgehead atoms. The Hall–Kier alpha value is -2.82. The molecule has 0 saturated carbocycles. The fraction of sp³-hybridized carbons (Fsp3) is 0.476. The van der Waals surface area contributed by atoms with Crippen LogP contribution < -0.4 is 25.0 Å². The number of anilines is 2. The molecule has 0 aliphatic carbocycles. The van der Waals surface area contributed by atoms with Crippen LogP contribution in [0, 0.1) is 11.8 Å². The maximum Gasteiger partial charge on any atom is 0.433 e. The number of fused-ring (bicyclic) bond motifs is 1. The third-order valence-corrected chi connectivity index (χ3v) is 5.56. The van der Waals surface area contributed by atoms with Gasteiger partial charge in [0.05, 0.1) is 0 Å². The summed E-state index contributed by atoms with van der Waals surface area (Å²) >= 11 is 5.26. The number of alkyl halides is 3. The van der Waals surface area contributed by atoms with Crippen LogP contribution in [0.25, 0.3) is 0 Å². The van der Waals surface area contributed by atoms with E-state index in [1.807, 2.05) is 17.0 Å². The number of nitrogens with zero attached hydrogens (tertiary/aromatic N) is 3. The number of nitrogens with one attached hydrogen (secondary N) is 2. The predicted molar refractivity (Wildman–Crippen MR) is 118 cm³/mol. The molecule has 2 aliphatic heterocycles. The number of hydrogen-bond donors (Lipinski definition) is 2. The second-order valence-corrected chi connectivity index (χ2v) is 8.69. The van der Waals surface area contributed by atoms with E-state index in [1.165, 1.54) is 0 Å². The van der Waals surface area contributed by atoms with Crippen LogP contribution in [0.2, 0.25) is 0 Å². The van der Waals surface area contributed by atoms with Crippen LogP contribution in [-0.2, 0) is 12.7 Å². The van der Waals surface area contributed by atoms with Gasteiger partial charge < -0.3 is 25.0 Å².